The summed E-state index contributed by atoms with van der Waals surface area (Å²) in [5.74, 6) is 0. The zero-order valence-corrected chi connectivity index (χ0v) is 13.8. The second kappa shape index (κ2) is 7.69. The van der Waals surface area contributed by atoms with E-state index in [1.54, 1.807) is 0 Å². The third kappa shape index (κ3) is 3.92. The van der Waals surface area contributed by atoms with Crippen LogP contribution in [0.2, 0.25) is 0 Å². The Morgan fingerprint density at radius 2 is 1.56 bits per heavy atom. The van der Waals surface area contributed by atoms with Crippen LogP contribution in [0.15, 0.2) is 30.3 Å². The normalized spacial score (nSPS) is 13.7. The summed E-state index contributed by atoms with van der Waals surface area (Å²) in [6.45, 7) is 7.86. The van der Waals surface area contributed by atoms with Gasteiger partial charge in [-0.3, -0.25) is 0 Å². The molecule has 0 fully saturated rings. The molecule has 0 saturated heterocycles. The first-order valence-electron chi connectivity index (χ1n) is 6.62. The lowest BCUT2D eigenvalue weighted by atomic mass is 10.1. The van der Waals surface area contributed by atoms with E-state index in [9.17, 15) is 0 Å². The van der Waals surface area contributed by atoms with Crippen molar-refractivity contribution in [2.24, 2.45) is 0 Å². The van der Waals surface area contributed by atoms with Crippen LogP contribution in [0, 0.1) is 0 Å². The lowest BCUT2D eigenvalue weighted by molar-refractivity contribution is -0.238. The highest BCUT2D eigenvalue weighted by Crippen LogP contribution is 2.31. The molecule has 0 N–H and O–H groups in total. The second-order valence-electron chi connectivity index (χ2n) is 4.13. The van der Waals surface area contributed by atoms with Crippen molar-refractivity contribution < 1.29 is 14.2 Å². The fourth-order valence-electron chi connectivity index (χ4n) is 2.11. The molecule has 102 valence electrons. The highest BCUT2D eigenvalue weighted by Gasteiger charge is 2.37. The van der Waals surface area contributed by atoms with Gasteiger partial charge in [-0.05, 0) is 26.3 Å². The van der Waals surface area contributed by atoms with Gasteiger partial charge in [-0.15, -0.1) is 0 Å². The summed E-state index contributed by atoms with van der Waals surface area (Å²) in [4.78, 5) is 0. The summed E-state index contributed by atoms with van der Waals surface area (Å²) in [6, 6.07) is 10.2. The molecule has 4 heteroatoms. The topological polar surface area (TPSA) is 27.7 Å². The van der Waals surface area contributed by atoms with Crippen molar-refractivity contribution in [3.05, 3.63) is 35.9 Å². The maximum atomic E-state index is 5.88. The number of hydrogen-bond acceptors (Lipinski definition) is 3. The van der Waals surface area contributed by atoms with Crippen LogP contribution in [0.4, 0.5) is 0 Å². The minimum atomic E-state index is -0.610. The Bertz CT molecular complexity index is 323. The molecule has 0 aliphatic heterocycles. The molecular formula is C14H24O3Si. The highest BCUT2D eigenvalue weighted by molar-refractivity contribution is 6.14. The van der Waals surface area contributed by atoms with E-state index >= 15 is 0 Å². The quantitative estimate of drug-likeness (QED) is 0.532. The Hall–Kier alpha value is -0.683. The van der Waals surface area contributed by atoms with Gasteiger partial charge in [0, 0.05) is 19.8 Å². The molecule has 1 atom stereocenters. The SMILES string of the molecule is CCOC(c1ccccc1)C([SiH3])(OCC)OCC. The second-order valence-corrected chi connectivity index (χ2v) is 5.52. The standard InChI is InChI=1S/C14H24O3Si/c1-4-15-13(12-10-8-7-9-11-12)14(18,16-5-2)17-6-3/h7-11,13H,4-6H2,1-3,18H3. The average molecular weight is 268 g/mol. The van der Waals surface area contributed by atoms with Gasteiger partial charge in [0.25, 0.3) is 0 Å². The lowest BCUT2D eigenvalue weighted by Gasteiger charge is -2.37. The molecule has 1 unspecified atom stereocenters. The molecule has 0 bridgehead atoms. The first-order chi connectivity index (χ1) is 8.68. The molecule has 1 aromatic carbocycles. The van der Waals surface area contributed by atoms with Crippen LogP contribution in [0.5, 0.6) is 0 Å². The molecule has 0 aliphatic carbocycles. The van der Waals surface area contributed by atoms with Gasteiger partial charge in [-0.25, -0.2) is 0 Å². The van der Waals surface area contributed by atoms with Gasteiger partial charge in [0.05, 0.1) is 10.2 Å². The van der Waals surface area contributed by atoms with Crippen molar-refractivity contribution in [3.63, 3.8) is 0 Å². The Kier molecular flexibility index (Phi) is 6.57. The molecule has 1 rings (SSSR count). The highest BCUT2D eigenvalue weighted by atomic mass is 28.1. The fraction of sp³-hybridized carbons (Fsp3) is 0.571. The van der Waals surface area contributed by atoms with Gasteiger partial charge in [0.2, 0.25) is 0 Å². The van der Waals surface area contributed by atoms with Gasteiger partial charge < -0.3 is 14.2 Å². The number of benzene rings is 1. The van der Waals surface area contributed by atoms with E-state index in [-0.39, 0.29) is 6.10 Å². The number of ether oxygens (including phenoxy) is 3. The zero-order chi connectivity index (χ0) is 13.4. The Morgan fingerprint density at radius 3 is 2.00 bits per heavy atom. The average Bonchev–Trinajstić information content (AvgIpc) is 2.37. The third-order valence-electron chi connectivity index (χ3n) is 2.77. The molecule has 0 radical (unpaired) electrons. The first-order valence-corrected chi connectivity index (χ1v) is 7.62. The molecule has 0 spiro atoms. The smallest absolute Gasteiger partial charge is 0.170 e. The van der Waals surface area contributed by atoms with Crippen molar-refractivity contribution in [2.75, 3.05) is 19.8 Å². The monoisotopic (exact) mass is 268 g/mol. The first kappa shape index (κ1) is 15.4. The van der Waals surface area contributed by atoms with Crippen molar-refractivity contribution in [1.29, 1.82) is 0 Å². The third-order valence-corrected chi connectivity index (χ3v) is 3.88. The molecule has 0 amide bonds. The predicted molar refractivity (Wildman–Crippen MR) is 76.7 cm³/mol. The number of hydrogen-bond donors (Lipinski definition) is 0. The van der Waals surface area contributed by atoms with Gasteiger partial charge in [-0.2, -0.15) is 0 Å². The summed E-state index contributed by atoms with van der Waals surface area (Å²) in [5.41, 5.74) is 0.497. The van der Waals surface area contributed by atoms with E-state index in [1.165, 1.54) is 0 Å². The molecular weight excluding hydrogens is 244 g/mol. The van der Waals surface area contributed by atoms with E-state index < -0.39 is 5.41 Å². The van der Waals surface area contributed by atoms with Crippen molar-refractivity contribution in [3.8, 4) is 0 Å². The predicted octanol–water partition coefficient (Wildman–Crippen LogP) is 1.86. The van der Waals surface area contributed by atoms with Crippen molar-refractivity contribution in [1.82, 2.24) is 0 Å². The van der Waals surface area contributed by atoms with Gasteiger partial charge >= 0.3 is 0 Å². The molecule has 0 aliphatic rings. The summed E-state index contributed by atoms with van der Waals surface area (Å²) < 4.78 is 17.6. The zero-order valence-electron chi connectivity index (χ0n) is 11.8. The van der Waals surface area contributed by atoms with Crippen LogP contribution in [0.1, 0.15) is 32.4 Å². The fourth-order valence-corrected chi connectivity index (χ4v) is 3.19. The largest absolute Gasteiger partial charge is 0.369 e. The van der Waals surface area contributed by atoms with Gasteiger partial charge in [0.15, 0.2) is 5.41 Å². The Balaban J connectivity index is 3.00. The van der Waals surface area contributed by atoms with Crippen LogP contribution in [-0.4, -0.2) is 35.5 Å². The summed E-state index contributed by atoms with van der Waals surface area (Å²) >= 11 is 0. The minimum absolute atomic E-state index is 0.157. The van der Waals surface area contributed by atoms with Crippen molar-refractivity contribution >= 4 is 10.2 Å². The van der Waals surface area contributed by atoms with E-state index in [0.717, 1.165) is 15.8 Å². The van der Waals surface area contributed by atoms with E-state index in [1.807, 2.05) is 39.0 Å². The summed E-state index contributed by atoms with van der Waals surface area (Å²) in [7, 11) is 0.751. The summed E-state index contributed by atoms with van der Waals surface area (Å²) in [5, 5.41) is 0. The maximum Gasteiger partial charge on any atom is 0.170 e. The lowest BCUT2D eigenvalue weighted by Crippen LogP contribution is -2.44. The van der Waals surface area contributed by atoms with E-state index in [4.69, 9.17) is 14.2 Å². The van der Waals surface area contributed by atoms with Gasteiger partial charge in [-0.1, -0.05) is 30.3 Å². The molecule has 0 heterocycles. The van der Waals surface area contributed by atoms with Gasteiger partial charge in [0.1, 0.15) is 6.10 Å². The molecule has 0 saturated carbocycles. The molecule has 3 nitrogen and oxygen atoms in total. The Morgan fingerprint density at radius 1 is 1.00 bits per heavy atom. The van der Waals surface area contributed by atoms with Crippen LogP contribution in [0.3, 0.4) is 0 Å². The van der Waals surface area contributed by atoms with Crippen LogP contribution in [0.25, 0.3) is 0 Å². The van der Waals surface area contributed by atoms with Crippen molar-refractivity contribution in [2.45, 2.75) is 32.3 Å². The summed E-state index contributed by atoms with van der Waals surface area (Å²) in [6.07, 6.45) is -0.157. The van der Waals surface area contributed by atoms with Crippen LogP contribution < -0.4 is 0 Å². The number of rotatable bonds is 8. The maximum absolute atomic E-state index is 5.88. The van der Waals surface area contributed by atoms with E-state index in [2.05, 4.69) is 12.1 Å². The molecule has 1 aromatic rings. The van der Waals surface area contributed by atoms with Crippen LogP contribution >= 0.6 is 0 Å². The van der Waals surface area contributed by atoms with E-state index in [0.29, 0.717) is 19.8 Å². The Labute approximate surface area is 113 Å². The van der Waals surface area contributed by atoms with Crippen LogP contribution in [-0.2, 0) is 14.2 Å². The molecule has 18 heavy (non-hydrogen) atoms. The molecule has 0 aromatic heterocycles. The minimum Gasteiger partial charge on any atom is -0.369 e.